The van der Waals surface area contributed by atoms with E-state index in [0.717, 1.165) is 25.0 Å². The van der Waals surface area contributed by atoms with Gasteiger partial charge in [-0.25, -0.2) is 0 Å². The standard InChI is InChI=1S/C15H29N3S/c1-6-15(7-2)18-9-8-13(17-18)10-14(16-5)11-19-12(3)4/h8-9,12,14-16H,6-7,10-11H2,1-5H3. The topological polar surface area (TPSA) is 29.9 Å². The van der Waals surface area contributed by atoms with Crippen LogP contribution in [0.4, 0.5) is 0 Å². The molecular formula is C15H29N3S. The molecular weight excluding hydrogens is 254 g/mol. The lowest BCUT2D eigenvalue weighted by molar-refractivity contribution is 0.424. The fourth-order valence-electron chi connectivity index (χ4n) is 2.16. The van der Waals surface area contributed by atoms with Gasteiger partial charge in [-0.1, -0.05) is 27.7 Å². The first-order valence-corrected chi connectivity index (χ1v) is 8.48. The molecule has 0 fully saturated rings. The predicted molar refractivity (Wildman–Crippen MR) is 86.0 cm³/mol. The van der Waals surface area contributed by atoms with Crippen LogP contribution in [-0.4, -0.2) is 33.9 Å². The number of nitrogens with one attached hydrogen (secondary N) is 1. The molecule has 1 N–H and O–H groups in total. The van der Waals surface area contributed by atoms with E-state index in [1.165, 1.54) is 5.69 Å². The monoisotopic (exact) mass is 283 g/mol. The molecule has 0 aliphatic heterocycles. The first kappa shape index (κ1) is 16.6. The summed E-state index contributed by atoms with van der Waals surface area (Å²) in [4.78, 5) is 0. The lowest BCUT2D eigenvalue weighted by Gasteiger charge is -2.16. The summed E-state index contributed by atoms with van der Waals surface area (Å²) in [6, 6.07) is 3.23. The van der Waals surface area contributed by atoms with Crippen LogP contribution in [0.5, 0.6) is 0 Å². The summed E-state index contributed by atoms with van der Waals surface area (Å²) >= 11 is 2.01. The Morgan fingerprint density at radius 1 is 1.32 bits per heavy atom. The van der Waals surface area contributed by atoms with Crippen LogP contribution in [0.25, 0.3) is 0 Å². The quantitative estimate of drug-likeness (QED) is 0.752. The largest absolute Gasteiger partial charge is 0.316 e. The Labute approximate surface area is 122 Å². The van der Waals surface area contributed by atoms with Crippen LogP contribution in [0, 0.1) is 0 Å². The molecule has 1 aromatic heterocycles. The lowest BCUT2D eigenvalue weighted by Crippen LogP contribution is -2.30. The Morgan fingerprint density at radius 3 is 2.53 bits per heavy atom. The highest BCUT2D eigenvalue weighted by Gasteiger charge is 2.12. The number of nitrogens with zero attached hydrogens (tertiary/aromatic N) is 2. The average Bonchev–Trinajstić information content (AvgIpc) is 2.84. The van der Waals surface area contributed by atoms with Gasteiger partial charge in [-0.2, -0.15) is 16.9 Å². The van der Waals surface area contributed by atoms with Crippen molar-refractivity contribution in [3.8, 4) is 0 Å². The van der Waals surface area contributed by atoms with Gasteiger partial charge in [-0.3, -0.25) is 4.68 Å². The smallest absolute Gasteiger partial charge is 0.0640 e. The molecule has 0 saturated heterocycles. The highest BCUT2D eigenvalue weighted by Crippen LogP contribution is 2.16. The molecule has 0 bridgehead atoms. The number of hydrogen-bond acceptors (Lipinski definition) is 3. The van der Waals surface area contributed by atoms with Gasteiger partial charge >= 0.3 is 0 Å². The van der Waals surface area contributed by atoms with Gasteiger partial charge in [-0.05, 0) is 31.2 Å². The van der Waals surface area contributed by atoms with Crippen LogP contribution in [0.3, 0.4) is 0 Å². The molecule has 0 spiro atoms. The van der Waals surface area contributed by atoms with Crippen LogP contribution >= 0.6 is 11.8 Å². The Morgan fingerprint density at radius 2 is 2.00 bits per heavy atom. The number of rotatable bonds is 9. The number of likely N-dealkylation sites (N-methyl/N-ethyl adjacent to an activating group) is 1. The summed E-state index contributed by atoms with van der Waals surface area (Å²) in [6.07, 6.45) is 5.45. The Balaban J connectivity index is 2.55. The number of hydrogen-bond donors (Lipinski definition) is 1. The van der Waals surface area contributed by atoms with E-state index < -0.39 is 0 Å². The molecule has 0 aliphatic rings. The Hall–Kier alpha value is -0.480. The first-order valence-electron chi connectivity index (χ1n) is 7.43. The second-order valence-electron chi connectivity index (χ2n) is 5.33. The van der Waals surface area contributed by atoms with Gasteiger partial charge in [0.15, 0.2) is 0 Å². The van der Waals surface area contributed by atoms with E-state index in [0.29, 0.717) is 17.3 Å². The Bertz CT molecular complexity index is 345. The van der Waals surface area contributed by atoms with E-state index in [1.807, 2.05) is 18.8 Å². The fourth-order valence-corrected chi connectivity index (χ4v) is 3.06. The van der Waals surface area contributed by atoms with E-state index in [4.69, 9.17) is 5.10 Å². The van der Waals surface area contributed by atoms with Gasteiger partial charge < -0.3 is 5.32 Å². The summed E-state index contributed by atoms with van der Waals surface area (Å²) in [5, 5.41) is 8.83. The van der Waals surface area contributed by atoms with Crippen LogP contribution in [0.15, 0.2) is 12.3 Å². The van der Waals surface area contributed by atoms with Crippen LogP contribution in [0.2, 0.25) is 0 Å². The maximum absolute atomic E-state index is 4.73. The zero-order valence-corrected chi connectivity index (χ0v) is 13.8. The minimum atomic E-state index is 0.512. The summed E-state index contributed by atoms with van der Waals surface area (Å²) in [5.41, 5.74) is 1.20. The second kappa shape index (κ2) is 8.64. The highest BCUT2D eigenvalue weighted by atomic mass is 32.2. The third-order valence-electron chi connectivity index (χ3n) is 3.47. The minimum Gasteiger partial charge on any atom is -0.316 e. The zero-order chi connectivity index (χ0) is 14.3. The predicted octanol–water partition coefficient (Wildman–Crippen LogP) is 3.52. The molecule has 1 atom stereocenters. The maximum Gasteiger partial charge on any atom is 0.0640 e. The second-order valence-corrected chi connectivity index (χ2v) is 6.94. The fraction of sp³-hybridized carbons (Fsp3) is 0.800. The van der Waals surface area contributed by atoms with Crippen molar-refractivity contribution in [3.05, 3.63) is 18.0 Å². The van der Waals surface area contributed by atoms with Crippen LogP contribution < -0.4 is 5.32 Å². The van der Waals surface area contributed by atoms with Gasteiger partial charge in [0.2, 0.25) is 0 Å². The molecule has 19 heavy (non-hydrogen) atoms. The summed E-state index contributed by atoms with van der Waals surface area (Å²) in [5.74, 6) is 1.14. The van der Waals surface area contributed by atoms with Crippen LogP contribution in [-0.2, 0) is 6.42 Å². The van der Waals surface area contributed by atoms with Crippen molar-refractivity contribution >= 4 is 11.8 Å². The van der Waals surface area contributed by atoms with E-state index >= 15 is 0 Å². The van der Waals surface area contributed by atoms with E-state index in [-0.39, 0.29) is 0 Å². The van der Waals surface area contributed by atoms with Gasteiger partial charge in [0.05, 0.1) is 11.7 Å². The molecule has 0 amide bonds. The molecule has 1 heterocycles. The van der Waals surface area contributed by atoms with Crippen molar-refractivity contribution in [2.45, 2.75) is 64.3 Å². The van der Waals surface area contributed by atoms with Crippen molar-refractivity contribution in [3.63, 3.8) is 0 Å². The molecule has 0 aromatic carbocycles. The van der Waals surface area contributed by atoms with Crippen molar-refractivity contribution in [1.29, 1.82) is 0 Å². The molecule has 0 saturated carbocycles. The first-order chi connectivity index (χ1) is 9.10. The van der Waals surface area contributed by atoms with Gasteiger partial charge in [-0.15, -0.1) is 0 Å². The van der Waals surface area contributed by atoms with E-state index in [1.54, 1.807) is 0 Å². The van der Waals surface area contributed by atoms with E-state index in [2.05, 4.69) is 50.0 Å². The van der Waals surface area contributed by atoms with Gasteiger partial charge in [0, 0.05) is 24.4 Å². The highest BCUT2D eigenvalue weighted by molar-refractivity contribution is 7.99. The average molecular weight is 283 g/mol. The normalized spacial score (nSPS) is 13.4. The molecule has 110 valence electrons. The Kier molecular flexibility index (Phi) is 7.54. The summed E-state index contributed by atoms with van der Waals surface area (Å²) in [6.45, 7) is 8.95. The minimum absolute atomic E-state index is 0.512. The molecule has 3 nitrogen and oxygen atoms in total. The number of aromatic nitrogens is 2. The molecule has 0 aliphatic carbocycles. The van der Waals surface area contributed by atoms with Crippen molar-refractivity contribution < 1.29 is 0 Å². The van der Waals surface area contributed by atoms with Crippen molar-refractivity contribution in [2.75, 3.05) is 12.8 Å². The molecule has 1 rings (SSSR count). The zero-order valence-electron chi connectivity index (χ0n) is 13.0. The van der Waals surface area contributed by atoms with Crippen LogP contribution in [0.1, 0.15) is 52.3 Å². The molecule has 1 unspecified atom stereocenters. The van der Waals surface area contributed by atoms with E-state index in [9.17, 15) is 0 Å². The van der Waals surface area contributed by atoms with Crippen molar-refractivity contribution in [1.82, 2.24) is 15.1 Å². The molecule has 0 radical (unpaired) electrons. The van der Waals surface area contributed by atoms with Gasteiger partial charge in [0.1, 0.15) is 0 Å². The SMILES string of the molecule is CCC(CC)n1ccc(CC(CSC(C)C)NC)n1. The molecule has 4 heteroatoms. The van der Waals surface area contributed by atoms with Crippen molar-refractivity contribution in [2.24, 2.45) is 0 Å². The summed E-state index contributed by atoms with van der Waals surface area (Å²) < 4.78 is 2.14. The maximum atomic E-state index is 4.73. The lowest BCUT2D eigenvalue weighted by atomic mass is 10.2. The summed E-state index contributed by atoms with van der Waals surface area (Å²) in [7, 11) is 2.05. The third-order valence-corrected chi connectivity index (χ3v) is 4.74. The number of thioether (sulfide) groups is 1. The molecule has 1 aromatic rings. The van der Waals surface area contributed by atoms with Gasteiger partial charge in [0.25, 0.3) is 0 Å². The third kappa shape index (κ3) is 5.57.